The van der Waals surface area contributed by atoms with Crippen LogP contribution >= 0.6 is 11.6 Å². The van der Waals surface area contributed by atoms with Crippen LogP contribution < -0.4 is 4.74 Å². The molecule has 0 N–H and O–H groups in total. The maximum Gasteiger partial charge on any atom is 0.331 e. The van der Waals surface area contributed by atoms with Gasteiger partial charge in [-0.25, -0.2) is 4.79 Å². The van der Waals surface area contributed by atoms with Crippen LogP contribution in [0.25, 0.3) is 5.57 Å². The van der Waals surface area contributed by atoms with Crippen molar-refractivity contribution >= 4 is 23.1 Å². The lowest BCUT2D eigenvalue weighted by atomic mass is 10.0. The van der Waals surface area contributed by atoms with E-state index in [9.17, 15) is 4.79 Å². The summed E-state index contributed by atoms with van der Waals surface area (Å²) in [5.41, 5.74) is 2.78. The van der Waals surface area contributed by atoms with E-state index in [1.807, 2.05) is 63.2 Å². The lowest BCUT2D eigenvalue weighted by Gasteiger charge is -2.24. The summed E-state index contributed by atoms with van der Waals surface area (Å²) in [6, 6.07) is 18.1. The Morgan fingerprint density at radius 1 is 1.07 bits per heavy atom. The van der Waals surface area contributed by atoms with Crippen molar-refractivity contribution in [3.63, 3.8) is 0 Å². The molecule has 0 saturated heterocycles. The van der Waals surface area contributed by atoms with Crippen LogP contribution in [-0.4, -0.2) is 42.0 Å². The third-order valence-corrected chi connectivity index (χ3v) is 4.44. The van der Waals surface area contributed by atoms with E-state index in [4.69, 9.17) is 21.1 Å². The van der Waals surface area contributed by atoms with Gasteiger partial charge in [-0.2, -0.15) is 0 Å². The van der Waals surface area contributed by atoms with Crippen molar-refractivity contribution < 1.29 is 14.3 Å². The second-order valence-electron chi connectivity index (χ2n) is 8.05. The molecule has 0 atom stereocenters. The fourth-order valence-electron chi connectivity index (χ4n) is 3.05. The number of ether oxygens (including phenoxy) is 2. The molecule has 5 heteroatoms. The molecule has 2 aromatic carbocycles. The summed E-state index contributed by atoms with van der Waals surface area (Å²) in [6.45, 7) is 10.2. The molecule has 0 unspecified atom stereocenters. The summed E-state index contributed by atoms with van der Waals surface area (Å²) in [6.07, 6.45) is 1.58. The molecule has 0 spiro atoms. The molecular weight excluding hydrogens is 398 g/mol. The first kappa shape index (κ1) is 24.0. The fraction of sp³-hybridized carbons (Fsp3) is 0.400. The smallest absolute Gasteiger partial charge is 0.331 e. The minimum absolute atomic E-state index is 0.266. The van der Waals surface area contributed by atoms with Crippen LogP contribution in [0.4, 0.5) is 0 Å². The highest BCUT2D eigenvalue weighted by Gasteiger charge is 2.15. The van der Waals surface area contributed by atoms with Gasteiger partial charge >= 0.3 is 5.97 Å². The lowest BCUT2D eigenvalue weighted by molar-refractivity contribution is -0.137. The predicted molar refractivity (Wildman–Crippen MR) is 124 cm³/mol. The van der Waals surface area contributed by atoms with Crippen LogP contribution in [-0.2, 0) is 16.1 Å². The van der Waals surface area contributed by atoms with E-state index >= 15 is 0 Å². The second kappa shape index (κ2) is 11.8. The van der Waals surface area contributed by atoms with Crippen molar-refractivity contribution in [2.45, 2.75) is 39.8 Å². The monoisotopic (exact) mass is 429 g/mol. The van der Waals surface area contributed by atoms with E-state index in [1.165, 1.54) is 5.56 Å². The van der Waals surface area contributed by atoms with E-state index in [0.717, 1.165) is 23.4 Å². The summed E-state index contributed by atoms with van der Waals surface area (Å²) >= 11 is 6.06. The molecule has 0 saturated carbocycles. The van der Waals surface area contributed by atoms with Crippen LogP contribution in [0.3, 0.4) is 0 Å². The average molecular weight is 430 g/mol. The molecule has 0 radical (unpaired) electrons. The second-order valence-corrected chi connectivity index (χ2v) is 8.42. The van der Waals surface area contributed by atoms with Crippen molar-refractivity contribution in [2.75, 3.05) is 25.6 Å². The standard InChI is InChI=1S/C25H32ClNO3/c1-5-29-24(28)17-22(21-11-13-23(14-12-21)30-25(2,3)4)19-27(16-15-26)18-20-9-7-6-8-10-20/h6-14,17H,5,15-16,18-19H2,1-4H3. The van der Waals surface area contributed by atoms with E-state index in [1.54, 1.807) is 13.0 Å². The molecule has 30 heavy (non-hydrogen) atoms. The number of carbonyl (C=O) groups excluding carboxylic acids is 1. The van der Waals surface area contributed by atoms with Gasteiger partial charge in [-0.05, 0) is 56.5 Å². The van der Waals surface area contributed by atoms with Gasteiger partial charge in [-0.15, -0.1) is 11.6 Å². The van der Waals surface area contributed by atoms with Crippen LogP contribution in [0.5, 0.6) is 5.75 Å². The van der Waals surface area contributed by atoms with Gasteiger partial charge in [0.2, 0.25) is 0 Å². The molecule has 0 bridgehead atoms. The summed E-state index contributed by atoms with van der Waals surface area (Å²) in [5, 5.41) is 0. The van der Waals surface area contributed by atoms with Gasteiger partial charge in [0.1, 0.15) is 11.4 Å². The molecule has 0 aliphatic carbocycles. The van der Waals surface area contributed by atoms with Crippen molar-refractivity contribution in [1.29, 1.82) is 0 Å². The highest BCUT2D eigenvalue weighted by atomic mass is 35.5. The van der Waals surface area contributed by atoms with Gasteiger partial charge in [-0.1, -0.05) is 42.5 Å². The van der Waals surface area contributed by atoms with Gasteiger partial charge in [0.05, 0.1) is 6.61 Å². The highest BCUT2D eigenvalue weighted by Crippen LogP contribution is 2.23. The summed E-state index contributed by atoms with van der Waals surface area (Å²) in [5.74, 6) is 0.967. The lowest BCUT2D eigenvalue weighted by Crippen LogP contribution is -2.27. The Balaban J connectivity index is 2.26. The summed E-state index contributed by atoms with van der Waals surface area (Å²) in [4.78, 5) is 14.4. The van der Waals surface area contributed by atoms with Crippen molar-refractivity contribution in [2.24, 2.45) is 0 Å². The number of nitrogens with zero attached hydrogens (tertiary/aromatic N) is 1. The predicted octanol–water partition coefficient (Wildman–Crippen LogP) is 5.55. The number of benzene rings is 2. The van der Waals surface area contributed by atoms with Crippen LogP contribution in [0.2, 0.25) is 0 Å². The van der Waals surface area contributed by atoms with Gasteiger partial charge < -0.3 is 9.47 Å². The maximum absolute atomic E-state index is 12.2. The quantitative estimate of drug-likeness (QED) is 0.282. The zero-order valence-electron chi connectivity index (χ0n) is 18.4. The molecule has 162 valence electrons. The minimum atomic E-state index is -0.340. The first-order valence-corrected chi connectivity index (χ1v) is 10.8. The minimum Gasteiger partial charge on any atom is -0.488 e. The maximum atomic E-state index is 12.2. The number of alkyl halides is 1. The Labute approximate surface area is 185 Å². The number of halogens is 1. The molecule has 4 nitrogen and oxygen atoms in total. The Morgan fingerprint density at radius 2 is 1.73 bits per heavy atom. The highest BCUT2D eigenvalue weighted by molar-refractivity contribution is 6.18. The summed E-state index contributed by atoms with van der Waals surface area (Å²) < 4.78 is 11.1. The molecule has 0 heterocycles. The zero-order chi connectivity index (χ0) is 22.0. The number of rotatable bonds is 10. The Bertz CT molecular complexity index is 811. The van der Waals surface area contributed by atoms with Crippen molar-refractivity contribution in [3.8, 4) is 5.75 Å². The van der Waals surface area contributed by atoms with Gasteiger partial charge in [0.15, 0.2) is 0 Å². The average Bonchev–Trinajstić information content (AvgIpc) is 2.68. The first-order valence-electron chi connectivity index (χ1n) is 10.3. The van der Waals surface area contributed by atoms with E-state index in [0.29, 0.717) is 25.6 Å². The number of hydrogen-bond donors (Lipinski definition) is 0. The Hall–Kier alpha value is -2.30. The topological polar surface area (TPSA) is 38.8 Å². The Kier molecular flexibility index (Phi) is 9.41. The first-order chi connectivity index (χ1) is 14.3. The van der Waals surface area contributed by atoms with E-state index in [2.05, 4.69) is 17.0 Å². The van der Waals surface area contributed by atoms with E-state index in [-0.39, 0.29) is 11.6 Å². The Morgan fingerprint density at radius 3 is 2.30 bits per heavy atom. The molecule has 0 amide bonds. The number of esters is 1. The normalized spacial score (nSPS) is 12.1. The number of hydrogen-bond acceptors (Lipinski definition) is 4. The van der Waals surface area contributed by atoms with Crippen LogP contribution in [0.15, 0.2) is 60.7 Å². The number of carbonyl (C=O) groups is 1. The molecule has 2 rings (SSSR count). The third-order valence-electron chi connectivity index (χ3n) is 4.27. The summed E-state index contributed by atoms with van der Waals surface area (Å²) in [7, 11) is 0. The van der Waals surface area contributed by atoms with Gasteiger partial charge in [0, 0.05) is 31.6 Å². The molecule has 0 aromatic heterocycles. The third kappa shape index (κ3) is 8.60. The molecule has 2 aromatic rings. The fourth-order valence-corrected chi connectivity index (χ4v) is 3.29. The van der Waals surface area contributed by atoms with Gasteiger partial charge in [-0.3, -0.25) is 4.90 Å². The van der Waals surface area contributed by atoms with Gasteiger partial charge in [0.25, 0.3) is 0 Å². The van der Waals surface area contributed by atoms with Crippen LogP contribution in [0, 0.1) is 0 Å². The zero-order valence-corrected chi connectivity index (χ0v) is 19.1. The molecule has 0 aliphatic heterocycles. The molecule has 0 aliphatic rings. The van der Waals surface area contributed by atoms with Crippen molar-refractivity contribution in [1.82, 2.24) is 4.90 Å². The molecule has 0 fully saturated rings. The van der Waals surface area contributed by atoms with E-state index < -0.39 is 0 Å². The largest absolute Gasteiger partial charge is 0.488 e. The molecular formula is C25H32ClNO3. The van der Waals surface area contributed by atoms with Crippen LogP contribution in [0.1, 0.15) is 38.8 Å². The van der Waals surface area contributed by atoms with Crippen molar-refractivity contribution in [3.05, 3.63) is 71.8 Å². The SMILES string of the molecule is CCOC(=O)C=C(CN(CCCl)Cc1ccccc1)c1ccc(OC(C)(C)C)cc1.